The van der Waals surface area contributed by atoms with Crippen molar-refractivity contribution in [3.63, 3.8) is 0 Å². The molecule has 4 nitrogen and oxygen atoms in total. The van der Waals surface area contributed by atoms with E-state index < -0.39 is 0 Å². The molecule has 5 heteroatoms. The number of nitrogens with zero attached hydrogens (tertiary/aromatic N) is 1. The highest BCUT2D eigenvalue weighted by Crippen LogP contribution is 2.32. The summed E-state index contributed by atoms with van der Waals surface area (Å²) < 4.78 is 0.649. The van der Waals surface area contributed by atoms with Gasteiger partial charge in [0.2, 0.25) is 5.91 Å². The summed E-state index contributed by atoms with van der Waals surface area (Å²) in [7, 11) is 0. The van der Waals surface area contributed by atoms with Gasteiger partial charge in [-0.15, -0.1) is 0 Å². The predicted octanol–water partition coefficient (Wildman–Crippen LogP) is 3.38. The quantitative estimate of drug-likeness (QED) is 0.829. The molecule has 0 saturated heterocycles. The molecule has 3 rings (SSSR count). The highest BCUT2D eigenvalue weighted by molar-refractivity contribution is 9.10. The topological polar surface area (TPSA) is 54.0 Å². The monoisotopic (exact) mass is 331 g/mol. The number of aromatic nitrogens is 1. The third-order valence-corrected chi connectivity index (χ3v) is 4.05. The van der Waals surface area contributed by atoms with Crippen LogP contribution in [0.3, 0.4) is 0 Å². The molecule has 2 N–H and O–H groups in total. The van der Waals surface area contributed by atoms with Crippen LogP contribution in [0.4, 0.5) is 11.4 Å². The summed E-state index contributed by atoms with van der Waals surface area (Å²) in [5, 5.41) is 6.27. The molecule has 0 fully saturated rings. The van der Waals surface area contributed by atoms with Crippen LogP contribution in [0.1, 0.15) is 17.9 Å². The minimum atomic E-state index is -0.125. The maximum Gasteiger partial charge on any atom is 0.232 e. The van der Waals surface area contributed by atoms with Crippen LogP contribution in [0.5, 0.6) is 0 Å². The Kier molecular flexibility index (Phi) is 3.69. The minimum absolute atomic E-state index is 0.00708. The number of halogens is 1. The van der Waals surface area contributed by atoms with Gasteiger partial charge in [0.15, 0.2) is 0 Å². The number of pyridine rings is 1. The second-order valence-electron chi connectivity index (χ2n) is 4.69. The molecule has 1 aliphatic heterocycles. The van der Waals surface area contributed by atoms with Crippen LogP contribution < -0.4 is 10.6 Å². The van der Waals surface area contributed by atoms with Crippen LogP contribution in [0.25, 0.3) is 0 Å². The molecule has 1 aromatic heterocycles. The Bertz CT molecular complexity index is 645. The maximum atomic E-state index is 12.5. The van der Waals surface area contributed by atoms with Crippen molar-refractivity contribution in [2.75, 3.05) is 17.2 Å². The molecule has 20 heavy (non-hydrogen) atoms. The number of amides is 1. The van der Waals surface area contributed by atoms with E-state index in [1.807, 2.05) is 30.3 Å². The van der Waals surface area contributed by atoms with Crippen molar-refractivity contribution in [1.29, 1.82) is 0 Å². The lowest BCUT2D eigenvalue weighted by Crippen LogP contribution is -2.27. The summed E-state index contributed by atoms with van der Waals surface area (Å²) in [5.41, 5.74) is 2.80. The number of benzene rings is 1. The fourth-order valence-electron chi connectivity index (χ4n) is 2.44. The number of para-hydroxylation sites is 1. The van der Waals surface area contributed by atoms with Crippen molar-refractivity contribution in [3.05, 3.63) is 52.8 Å². The Balaban J connectivity index is 1.84. The van der Waals surface area contributed by atoms with Crippen molar-refractivity contribution in [3.8, 4) is 0 Å². The van der Waals surface area contributed by atoms with Gasteiger partial charge in [0.05, 0.1) is 11.6 Å². The van der Waals surface area contributed by atoms with Crippen LogP contribution in [0.15, 0.2) is 47.2 Å². The van der Waals surface area contributed by atoms with E-state index in [1.165, 1.54) is 0 Å². The van der Waals surface area contributed by atoms with Crippen LogP contribution in [0, 0.1) is 0 Å². The number of hydrogen-bond acceptors (Lipinski definition) is 3. The van der Waals surface area contributed by atoms with E-state index in [0.29, 0.717) is 10.3 Å². The van der Waals surface area contributed by atoms with E-state index in [2.05, 4.69) is 31.5 Å². The van der Waals surface area contributed by atoms with Gasteiger partial charge in [-0.3, -0.25) is 4.79 Å². The lowest BCUT2D eigenvalue weighted by atomic mass is 9.90. The molecule has 1 aliphatic rings. The first-order chi connectivity index (χ1) is 9.75. The second kappa shape index (κ2) is 5.63. The fraction of sp³-hybridized carbons (Fsp3) is 0.200. The van der Waals surface area contributed by atoms with Gasteiger partial charge >= 0.3 is 0 Å². The molecule has 0 spiro atoms. The van der Waals surface area contributed by atoms with E-state index in [-0.39, 0.29) is 11.8 Å². The zero-order valence-corrected chi connectivity index (χ0v) is 12.4. The number of fused-ring (bicyclic) bond motifs is 1. The van der Waals surface area contributed by atoms with E-state index >= 15 is 0 Å². The number of anilines is 2. The highest BCUT2D eigenvalue weighted by Gasteiger charge is 2.26. The van der Waals surface area contributed by atoms with Gasteiger partial charge in [-0.2, -0.15) is 0 Å². The Hall–Kier alpha value is -1.88. The Morgan fingerprint density at radius 3 is 3.00 bits per heavy atom. The van der Waals surface area contributed by atoms with Gasteiger partial charge in [0.25, 0.3) is 0 Å². The highest BCUT2D eigenvalue weighted by atomic mass is 79.9. The van der Waals surface area contributed by atoms with Crippen LogP contribution in [-0.4, -0.2) is 17.4 Å². The smallest absolute Gasteiger partial charge is 0.232 e. The van der Waals surface area contributed by atoms with Gasteiger partial charge in [-0.05, 0) is 46.1 Å². The van der Waals surface area contributed by atoms with Crippen molar-refractivity contribution in [1.82, 2.24) is 4.98 Å². The van der Waals surface area contributed by atoms with E-state index in [0.717, 1.165) is 24.2 Å². The maximum absolute atomic E-state index is 12.5. The SMILES string of the molecule is O=C(Nc1cccnc1Br)C1CCNc2ccccc21. The summed E-state index contributed by atoms with van der Waals surface area (Å²) in [6.45, 7) is 0.809. The zero-order valence-electron chi connectivity index (χ0n) is 10.8. The predicted molar refractivity (Wildman–Crippen MR) is 82.9 cm³/mol. The summed E-state index contributed by atoms with van der Waals surface area (Å²) in [6.07, 6.45) is 2.47. The lowest BCUT2D eigenvalue weighted by Gasteiger charge is -2.25. The molecular weight excluding hydrogens is 318 g/mol. The summed E-state index contributed by atoms with van der Waals surface area (Å²) in [5.74, 6) is -0.118. The second-order valence-corrected chi connectivity index (χ2v) is 5.44. The molecule has 2 heterocycles. The Labute approximate surface area is 125 Å². The molecular formula is C15H14BrN3O. The molecule has 2 aromatic rings. The molecule has 0 aliphatic carbocycles. The third kappa shape index (κ3) is 2.54. The Morgan fingerprint density at radius 2 is 2.15 bits per heavy atom. The minimum Gasteiger partial charge on any atom is -0.385 e. The molecule has 0 saturated carbocycles. The van der Waals surface area contributed by atoms with Gasteiger partial charge < -0.3 is 10.6 Å². The van der Waals surface area contributed by atoms with E-state index in [4.69, 9.17) is 0 Å². The average Bonchev–Trinajstić information content (AvgIpc) is 2.49. The molecule has 0 bridgehead atoms. The summed E-state index contributed by atoms with van der Waals surface area (Å²) in [4.78, 5) is 16.6. The van der Waals surface area contributed by atoms with Gasteiger partial charge in [0, 0.05) is 18.4 Å². The number of nitrogens with one attached hydrogen (secondary N) is 2. The molecule has 102 valence electrons. The molecule has 0 radical (unpaired) electrons. The standard InChI is InChI=1S/C15H14BrN3O/c16-14-13(6-3-8-18-14)19-15(20)11-7-9-17-12-5-2-1-4-10(11)12/h1-6,8,11,17H,7,9H2,(H,19,20). The first-order valence-corrected chi connectivity index (χ1v) is 7.29. The number of carbonyl (C=O) groups is 1. The number of hydrogen-bond donors (Lipinski definition) is 2. The van der Waals surface area contributed by atoms with Crippen LogP contribution in [0.2, 0.25) is 0 Å². The molecule has 1 unspecified atom stereocenters. The van der Waals surface area contributed by atoms with Gasteiger partial charge in [-0.1, -0.05) is 18.2 Å². The lowest BCUT2D eigenvalue weighted by molar-refractivity contribution is -0.117. The average molecular weight is 332 g/mol. The molecule has 1 aromatic carbocycles. The summed E-state index contributed by atoms with van der Waals surface area (Å²) >= 11 is 3.34. The Morgan fingerprint density at radius 1 is 1.30 bits per heavy atom. The van der Waals surface area contributed by atoms with Gasteiger partial charge in [-0.25, -0.2) is 4.98 Å². The number of carbonyl (C=O) groups excluding carboxylic acids is 1. The largest absolute Gasteiger partial charge is 0.385 e. The fourth-order valence-corrected chi connectivity index (χ4v) is 2.79. The molecule has 1 amide bonds. The summed E-state index contributed by atoms with van der Waals surface area (Å²) in [6, 6.07) is 11.6. The third-order valence-electron chi connectivity index (χ3n) is 3.42. The van der Waals surface area contributed by atoms with Crippen molar-refractivity contribution >= 4 is 33.2 Å². The van der Waals surface area contributed by atoms with E-state index in [1.54, 1.807) is 12.3 Å². The van der Waals surface area contributed by atoms with Gasteiger partial charge in [0.1, 0.15) is 4.60 Å². The van der Waals surface area contributed by atoms with Crippen LogP contribution in [-0.2, 0) is 4.79 Å². The van der Waals surface area contributed by atoms with Crippen molar-refractivity contribution in [2.45, 2.75) is 12.3 Å². The first-order valence-electron chi connectivity index (χ1n) is 6.50. The molecule has 1 atom stereocenters. The van der Waals surface area contributed by atoms with Crippen LogP contribution >= 0.6 is 15.9 Å². The normalized spacial score (nSPS) is 16.9. The first kappa shape index (κ1) is 13.1. The zero-order chi connectivity index (χ0) is 13.9. The van der Waals surface area contributed by atoms with Crippen molar-refractivity contribution < 1.29 is 4.79 Å². The van der Waals surface area contributed by atoms with Crippen molar-refractivity contribution in [2.24, 2.45) is 0 Å². The van der Waals surface area contributed by atoms with E-state index in [9.17, 15) is 4.79 Å². The number of rotatable bonds is 2.